The van der Waals surface area contributed by atoms with E-state index in [1.165, 1.54) is 0 Å². The lowest BCUT2D eigenvalue weighted by atomic mass is 9.87. The molecule has 0 spiro atoms. The fourth-order valence-corrected chi connectivity index (χ4v) is 1.27. The minimum absolute atomic E-state index is 0.447. The molecule has 0 aromatic carbocycles. The van der Waals surface area contributed by atoms with E-state index in [1.807, 2.05) is 19.1 Å². The molecule has 0 rings (SSSR count). The highest BCUT2D eigenvalue weighted by Crippen LogP contribution is 2.19. The zero-order valence-electron chi connectivity index (χ0n) is 10.9. The van der Waals surface area contributed by atoms with Gasteiger partial charge in [0, 0.05) is 6.54 Å². The zero-order chi connectivity index (χ0) is 13.5. The van der Waals surface area contributed by atoms with Crippen LogP contribution >= 0.6 is 0 Å². The first kappa shape index (κ1) is 15.5. The van der Waals surface area contributed by atoms with Crippen molar-refractivity contribution in [1.29, 1.82) is 0 Å². The van der Waals surface area contributed by atoms with Gasteiger partial charge in [-0.25, -0.2) is 9.59 Å². The molecule has 98 valence electrons. The summed E-state index contributed by atoms with van der Waals surface area (Å²) in [5.41, 5.74) is -0.521. The molecule has 0 fully saturated rings. The number of carboxylic acid groups (broad SMARTS) is 1. The second-order valence-electron chi connectivity index (χ2n) is 4.90. The molecular weight excluding hydrogens is 220 g/mol. The summed E-state index contributed by atoms with van der Waals surface area (Å²) in [6.07, 6.45) is 4.56. The Kier molecular flexibility index (Phi) is 6.31. The lowest BCUT2D eigenvalue weighted by Gasteiger charge is -2.27. The second-order valence-corrected chi connectivity index (χ2v) is 4.90. The molecule has 3 N–H and O–H groups in total. The summed E-state index contributed by atoms with van der Waals surface area (Å²) in [7, 11) is 0. The standard InChI is InChI=1S/C12H22N2O3/c1-5-6-7-8-13-11(17)14-9(10(15)16)12(2,3)4/h5-6,9H,7-8H2,1-4H3,(H,15,16)(H2,13,14,17)/b6-5+/t9-/m0/s1. The molecule has 5 nitrogen and oxygen atoms in total. The van der Waals surface area contributed by atoms with Gasteiger partial charge in [-0.3, -0.25) is 0 Å². The van der Waals surface area contributed by atoms with Gasteiger partial charge in [-0.15, -0.1) is 0 Å². The monoisotopic (exact) mass is 242 g/mol. The average molecular weight is 242 g/mol. The summed E-state index contributed by atoms with van der Waals surface area (Å²) < 4.78 is 0. The van der Waals surface area contributed by atoms with Crippen molar-refractivity contribution < 1.29 is 14.7 Å². The fraction of sp³-hybridized carbons (Fsp3) is 0.667. The largest absolute Gasteiger partial charge is 0.480 e. The second kappa shape index (κ2) is 6.93. The van der Waals surface area contributed by atoms with Crippen LogP contribution in [0.15, 0.2) is 12.2 Å². The predicted octanol–water partition coefficient (Wildman–Crippen LogP) is 1.75. The molecule has 17 heavy (non-hydrogen) atoms. The minimum atomic E-state index is -1.03. The lowest BCUT2D eigenvalue weighted by Crippen LogP contribution is -2.52. The molecule has 0 aromatic rings. The summed E-state index contributed by atoms with van der Waals surface area (Å²) in [4.78, 5) is 22.5. The Morgan fingerprint density at radius 3 is 2.35 bits per heavy atom. The predicted molar refractivity (Wildman–Crippen MR) is 66.8 cm³/mol. The van der Waals surface area contributed by atoms with E-state index >= 15 is 0 Å². The van der Waals surface area contributed by atoms with Gasteiger partial charge in [-0.2, -0.15) is 0 Å². The van der Waals surface area contributed by atoms with Gasteiger partial charge in [-0.05, 0) is 18.8 Å². The lowest BCUT2D eigenvalue weighted by molar-refractivity contribution is -0.141. The van der Waals surface area contributed by atoms with Crippen LogP contribution in [0.3, 0.4) is 0 Å². The van der Waals surface area contributed by atoms with Gasteiger partial charge < -0.3 is 15.7 Å². The van der Waals surface area contributed by atoms with Crippen molar-refractivity contribution >= 4 is 12.0 Å². The SMILES string of the molecule is C/C=C/CCNC(=O)N[C@@H](C(=O)O)C(C)(C)C. The maximum absolute atomic E-state index is 11.5. The Hall–Kier alpha value is -1.52. The molecule has 0 aromatic heterocycles. The number of amides is 2. The maximum atomic E-state index is 11.5. The van der Waals surface area contributed by atoms with E-state index in [-0.39, 0.29) is 0 Å². The Morgan fingerprint density at radius 2 is 1.94 bits per heavy atom. The Labute approximate surface area is 102 Å². The van der Waals surface area contributed by atoms with Crippen LogP contribution in [-0.2, 0) is 4.79 Å². The van der Waals surface area contributed by atoms with Crippen LogP contribution < -0.4 is 10.6 Å². The highest BCUT2D eigenvalue weighted by molar-refractivity contribution is 5.83. The van der Waals surface area contributed by atoms with Gasteiger partial charge in [0.2, 0.25) is 0 Å². The van der Waals surface area contributed by atoms with E-state index in [4.69, 9.17) is 5.11 Å². The van der Waals surface area contributed by atoms with Crippen LogP contribution in [0, 0.1) is 5.41 Å². The Morgan fingerprint density at radius 1 is 1.35 bits per heavy atom. The van der Waals surface area contributed by atoms with Crippen LogP contribution in [0.4, 0.5) is 4.79 Å². The summed E-state index contributed by atoms with van der Waals surface area (Å²) in [5, 5.41) is 14.1. The van der Waals surface area contributed by atoms with Crippen molar-refractivity contribution in [3.05, 3.63) is 12.2 Å². The number of aliphatic carboxylic acids is 1. The number of urea groups is 1. The Bertz CT molecular complexity index is 293. The quantitative estimate of drug-likeness (QED) is 0.507. The maximum Gasteiger partial charge on any atom is 0.326 e. The number of hydrogen-bond acceptors (Lipinski definition) is 2. The summed E-state index contributed by atoms with van der Waals surface area (Å²) in [6, 6.07) is -1.35. The third-order valence-electron chi connectivity index (χ3n) is 2.22. The normalized spacial score (nSPS) is 13.4. The van der Waals surface area contributed by atoms with Gasteiger partial charge in [0.15, 0.2) is 0 Å². The van der Waals surface area contributed by atoms with E-state index in [0.717, 1.165) is 6.42 Å². The first-order valence-electron chi connectivity index (χ1n) is 5.67. The Balaban J connectivity index is 4.19. The molecular formula is C12H22N2O3. The summed E-state index contributed by atoms with van der Waals surface area (Å²) in [5.74, 6) is -1.03. The van der Waals surface area contributed by atoms with Gasteiger partial charge in [0.1, 0.15) is 6.04 Å². The van der Waals surface area contributed by atoms with E-state index in [1.54, 1.807) is 20.8 Å². The van der Waals surface area contributed by atoms with Crippen LogP contribution in [-0.4, -0.2) is 29.7 Å². The number of nitrogens with one attached hydrogen (secondary N) is 2. The van der Waals surface area contributed by atoms with Gasteiger partial charge in [0.25, 0.3) is 0 Å². The number of carbonyl (C=O) groups is 2. The smallest absolute Gasteiger partial charge is 0.326 e. The minimum Gasteiger partial charge on any atom is -0.480 e. The zero-order valence-corrected chi connectivity index (χ0v) is 10.9. The molecule has 0 aliphatic rings. The van der Waals surface area contributed by atoms with E-state index < -0.39 is 23.5 Å². The van der Waals surface area contributed by atoms with Gasteiger partial charge >= 0.3 is 12.0 Å². The van der Waals surface area contributed by atoms with E-state index in [9.17, 15) is 9.59 Å². The number of hydrogen-bond donors (Lipinski definition) is 3. The van der Waals surface area contributed by atoms with Crippen LogP contribution in [0.1, 0.15) is 34.1 Å². The molecule has 0 radical (unpaired) electrons. The highest BCUT2D eigenvalue weighted by atomic mass is 16.4. The number of carboxylic acids is 1. The number of allylic oxidation sites excluding steroid dienone is 1. The fourth-order valence-electron chi connectivity index (χ4n) is 1.27. The molecule has 2 amide bonds. The van der Waals surface area contributed by atoms with Crippen molar-refractivity contribution in [2.75, 3.05) is 6.54 Å². The molecule has 0 aliphatic heterocycles. The molecule has 0 unspecified atom stereocenters. The molecule has 0 saturated carbocycles. The van der Waals surface area contributed by atoms with Crippen molar-refractivity contribution in [2.45, 2.75) is 40.2 Å². The summed E-state index contributed by atoms with van der Waals surface area (Å²) in [6.45, 7) is 7.70. The first-order valence-corrected chi connectivity index (χ1v) is 5.67. The number of rotatable bonds is 5. The van der Waals surface area contributed by atoms with Crippen LogP contribution in [0.5, 0.6) is 0 Å². The van der Waals surface area contributed by atoms with Gasteiger partial charge in [0.05, 0.1) is 0 Å². The van der Waals surface area contributed by atoms with Gasteiger partial charge in [-0.1, -0.05) is 32.9 Å². The molecule has 0 heterocycles. The number of carbonyl (C=O) groups excluding carboxylic acids is 1. The van der Waals surface area contributed by atoms with E-state index in [2.05, 4.69) is 10.6 Å². The topological polar surface area (TPSA) is 78.4 Å². The third-order valence-corrected chi connectivity index (χ3v) is 2.22. The highest BCUT2D eigenvalue weighted by Gasteiger charge is 2.32. The molecule has 0 bridgehead atoms. The van der Waals surface area contributed by atoms with Crippen molar-refractivity contribution in [3.8, 4) is 0 Å². The molecule has 1 atom stereocenters. The van der Waals surface area contributed by atoms with Crippen LogP contribution in [0.2, 0.25) is 0 Å². The van der Waals surface area contributed by atoms with E-state index in [0.29, 0.717) is 6.54 Å². The van der Waals surface area contributed by atoms with Crippen molar-refractivity contribution in [3.63, 3.8) is 0 Å². The third kappa shape index (κ3) is 6.60. The molecule has 0 aliphatic carbocycles. The van der Waals surface area contributed by atoms with Crippen LogP contribution in [0.25, 0.3) is 0 Å². The van der Waals surface area contributed by atoms with Crippen molar-refractivity contribution in [1.82, 2.24) is 10.6 Å². The van der Waals surface area contributed by atoms with Crippen molar-refractivity contribution in [2.24, 2.45) is 5.41 Å². The first-order chi connectivity index (χ1) is 7.79. The molecule has 5 heteroatoms. The summed E-state index contributed by atoms with van der Waals surface area (Å²) >= 11 is 0. The average Bonchev–Trinajstić information content (AvgIpc) is 2.19. The molecule has 0 saturated heterocycles.